The second kappa shape index (κ2) is 7.02. The average Bonchev–Trinajstić information content (AvgIpc) is 3.34. The lowest BCUT2D eigenvalue weighted by Gasteiger charge is -2.39. The third-order valence-electron chi connectivity index (χ3n) is 5.95. The van der Waals surface area contributed by atoms with Gasteiger partial charge in [-0.15, -0.1) is 0 Å². The molecule has 2 fully saturated rings. The predicted octanol–water partition coefficient (Wildman–Crippen LogP) is 2.98. The average molecular weight is 413 g/mol. The standard InChI is InChI=1S/C21H21F2N5O2/c1-21-8-14(22)15(27-21)7-18(20(21)23)30-19-10-25-16(9-26-19)13-3-2-12(6-17(13)29)28-5-4-24-11-28/h2-6,9-11,14-15,18,20,27,29H,7-8H2,1H3/t14-,15-,18+,20-,21-/m0/s1. The van der Waals surface area contributed by atoms with Crippen LogP contribution in [0.3, 0.4) is 0 Å². The number of nitrogens with one attached hydrogen (secondary N) is 1. The van der Waals surface area contributed by atoms with Crippen molar-refractivity contribution in [2.24, 2.45) is 0 Å². The first-order chi connectivity index (χ1) is 14.4. The molecule has 2 aliphatic heterocycles. The number of piperidine rings is 1. The summed E-state index contributed by atoms with van der Waals surface area (Å²) in [7, 11) is 0. The lowest BCUT2D eigenvalue weighted by atomic mass is 9.88. The number of hydrogen-bond acceptors (Lipinski definition) is 6. The van der Waals surface area contributed by atoms with Crippen molar-refractivity contribution in [1.29, 1.82) is 0 Å². The zero-order valence-corrected chi connectivity index (χ0v) is 16.2. The zero-order valence-electron chi connectivity index (χ0n) is 16.2. The van der Waals surface area contributed by atoms with Crippen LogP contribution in [0.2, 0.25) is 0 Å². The predicted molar refractivity (Wildman–Crippen MR) is 105 cm³/mol. The van der Waals surface area contributed by atoms with Gasteiger partial charge >= 0.3 is 0 Å². The highest BCUT2D eigenvalue weighted by Crippen LogP contribution is 2.40. The van der Waals surface area contributed by atoms with Crippen LogP contribution in [-0.4, -0.2) is 54.7 Å². The minimum Gasteiger partial charge on any atom is -0.507 e. The van der Waals surface area contributed by atoms with Gasteiger partial charge in [0.2, 0.25) is 5.88 Å². The maximum Gasteiger partial charge on any atom is 0.232 e. The first-order valence-corrected chi connectivity index (χ1v) is 9.79. The number of nitrogens with zero attached hydrogens (tertiary/aromatic N) is 4. The van der Waals surface area contributed by atoms with Crippen molar-refractivity contribution in [3.05, 3.63) is 49.3 Å². The number of benzene rings is 1. The number of fused-ring (bicyclic) bond motifs is 2. The Morgan fingerprint density at radius 2 is 2.13 bits per heavy atom. The number of halogens is 2. The van der Waals surface area contributed by atoms with E-state index in [2.05, 4.69) is 20.3 Å². The molecule has 2 aliphatic rings. The fraction of sp³-hybridized carbons (Fsp3) is 0.381. The number of ether oxygens (including phenoxy) is 1. The lowest BCUT2D eigenvalue weighted by Crippen LogP contribution is -2.59. The molecule has 1 aromatic carbocycles. The molecule has 30 heavy (non-hydrogen) atoms. The Balaban J connectivity index is 1.33. The van der Waals surface area contributed by atoms with E-state index in [4.69, 9.17) is 4.74 Å². The van der Waals surface area contributed by atoms with Gasteiger partial charge in [0.1, 0.15) is 18.0 Å². The monoisotopic (exact) mass is 413 g/mol. The lowest BCUT2D eigenvalue weighted by molar-refractivity contribution is 0.00767. The van der Waals surface area contributed by atoms with Crippen molar-refractivity contribution in [2.75, 3.05) is 0 Å². The van der Waals surface area contributed by atoms with Crippen molar-refractivity contribution >= 4 is 0 Å². The minimum atomic E-state index is -1.35. The molecule has 7 nitrogen and oxygen atoms in total. The van der Waals surface area contributed by atoms with Crippen LogP contribution in [0.1, 0.15) is 19.8 Å². The second-order valence-corrected chi connectivity index (χ2v) is 8.09. The smallest absolute Gasteiger partial charge is 0.232 e. The van der Waals surface area contributed by atoms with Crippen molar-refractivity contribution in [2.45, 2.75) is 49.8 Å². The van der Waals surface area contributed by atoms with Crippen LogP contribution in [0.25, 0.3) is 16.9 Å². The van der Waals surface area contributed by atoms with E-state index >= 15 is 0 Å². The third-order valence-corrected chi connectivity index (χ3v) is 5.95. The van der Waals surface area contributed by atoms with Gasteiger partial charge in [-0.3, -0.25) is 0 Å². The molecule has 2 N–H and O–H groups in total. The van der Waals surface area contributed by atoms with Gasteiger partial charge in [-0.2, -0.15) is 0 Å². The second-order valence-electron chi connectivity index (χ2n) is 8.09. The molecule has 5 rings (SSSR count). The van der Waals surface area contributed by atoms with Gasteiger partial charge in [-0.1, -0.05) is 0 Å². The van der Waals surface area contributed by atoms with Crippen molar-refractivity contribution in [3.8, 4) is 28.6 Å². The minimum absolute atomic E-state index is 0.0461. The topological polar surface area (TPSA) is 85.1 Å². The van der Waals surface area contributed by atoms with Crippen LogP contribution >= 0.6 is 0 Å². The molecule has 3 aromatic rings. The number of rotatable bonds is 4. The number of phenols is 1. The summed E-state index contributed by atoms with van der Waals surface area (Å²) in [6, 6.07) is 4.76. The maximum atomic E-state index is 14.9. The molecular formula is C21H21F2N5O2. The Labute approximate surface area is 171 Å². The number of aromatic nitrogens is 4. The molecule has 156 valence electrons. The van der Waals surface area contributed by atoms with Crippen LogP contribution in [0.5, 0.6) is 11.6 Å². The van der Waals surface area contributed by atoms with Gasteiger partial charge in [0, 0.05) is 42.9 Å². The van der Waals surface area contributed by atoms with Gasteiger partial charge in [0.15, 0.2) is 6.17 Å². The highest BCUT2D eigenvalue weighted by atomic mass is 19.1. The van der Waals surface area contributed by atoms with Crippen LogP contribution in [0.4, 0.5) is 8.78 Å². The molecule has 4 heterocycles. The number of alkyl halides is 2. The molecule has 9 heteroatoms. The van der Waals surface area contributed by atoms with E-state index in [-0.39, 0.29) is 24.5 Å². The Kier molecular flexibility index (Phi) is 4.43. The number of imidazole rings is 1. The highest BCUT2D eigenvalue weighted by Gasteiger charge is 2.55. The third kappa shape index (κ3) is 3.19. The summed E-state index contributed by atoms with van der Waals surface area (Å²) in [4.78, 5) is 12.5. The molecule has 0 spiro atoms. The van der Waals surface area contributed by atoms with Gasteiger partial charge in [-0.05, 0) is 19.1 Å². The molecule has 2 saturated heterocycles. The first kappa shape index (κ1) is 18.9. The van der Waals surface area contributed by atoms with E-state index < -0.39 is 30.0 Å². The summed E-state index contributed by atoms with van der Waals surface area (Å²) in [5.74, 6) is 0.214. The summed E-state index contributed by atoms with van der Waals surface area (Å²) >= 11 is 0. The van der Waals surface area contributed by atoms with Crippen LogP contribution in [0, 0.1) is 0 Å². The van der Waals surface area contributed by atoms with Crippen molar-refractivity contribution in [3.63, 3.8) is 0 Å². The van der Waals surface area contributed by atoms with Gasteiger partial charge in [0.25, 0.3) is 0 Å². The van der Waals surface area contributed by atoms with E-state index in [1.165, 1.54) is 12.4 Å². The fourth-order valence-corrected chi connectivity index (χ4v) is 4.39. The molecule has 5 atom stereocenters. The Morgan fingerprint density at radius 3 is 2.83 bits per heavy atom. The van der Waals surface area contributed by atoms with Crippen LogP contribution < -0.4 is 10.1 Å². The fourth-order valence-electron chi connectivity index (χ4n) is 4.39. The summed E-state index contributed by atoms with van der Waals surface area (Å²) in [6.45, 7) is 1.69. The quantitative estimate of drug-likeness (QED) is 0.684. The molecule has 0 saturated carbocycles. The zero-order chi connectivity index (χ0) is 20.9. The van der Waals surface area contributed by atoms with E-state index in [0.717, 1.165) is 5.69 Å². The number of phenolic OH excluding ortho intramolecular Hbond substituents is 1. The normalized spacial score (nSPS) is 30.4. The number of aromatic hydroxyl groups is 1. The Bertz CT molecular complexity index is 1040. The number of hydrogen-bond donors (Lipinski definition) is 2. The Morgan fingerprint density at radius 1 is 1.27 bits per heavy atom. The van der Waals surface area contributed by atoms with E-state index in [1.54, 1.807) is 42.3 Å². The van der Waals surface area contributed by atoms with E-state index in [1.807, 2.05) is 6.07 Å². The highest BCUT2D eigenvalue weighted by molar-refractivity contribution is 5.68. The molecule has 0 aliphatic carbocycles. The summed E-state index contributed by atoms with van der Waals surface area (Å²) < 4.78 is 36.5. The van der Waals surface area contributed by atoms with Crippen LogP contribution in [-0.2, 0) is 0 Å². The molecule has 0 unspecified atom stereocenters. The SMILES string of the molecule is C[C@]12C[C@H](F)[C@H](C[C@@H](Oc3cnc(-c4ccc(-n5ccnc5)cc4O)cn3)[C@@H]1F)N2. The molecule has 2 aromatic heterocycles. The van der Waals surface area contributed by atoms with E-state index in [0.29, 0.717) is 11.3 Å². The summed E-state index contributed by atoms with van der Waals surface area (Å²) in [5.41, 5.74) is 0.795. The Hall–Kier alpha value is -3.07. The maximum absolute atomic E-state index is 14.9. The van der Waals surface area contributed by atoms with Crippen molar-refractivity contribution in [1.82, 2.24) is 24.8 Å². The van der Waals surface area contributed by atoms with Gasteiger partial charge < -0.3 is 19.7 Å². The molecule has 0 amide bonds. The van der Waals surface area contributed by atoms with Crippen molar-refractivity contribution < 1.29 is 18.6 Å². The largest absolute Gasteiger partial charge is 0.507 e. The first-order valence-electron chi connectivity index (χ1n) is 9.79. The summed E-state index contributed by atoms with van der Waals surface area (Å²) in [6.07, 6.45) is 5.07. The van der Waals surface area contributed by atoms with E-state index in [9.17, 15) is 13.9 Å². The summed E-state index contributed by atoms with van der Waals surface area (Å²) in [5, 5.41) is 13.4. The van der Waals surface area contributed by atoms with Gasteiger partial charge in [0.05, 0.1) is 35.6 Å². The van der Waals surface area contributed by atoms with Crippen LogP contribution in [0.15, 0.2) is 49.3 Å². The molecule has 2 bridgehead atoms. The van der Waals surface area contributed by atoms with Gasteiger partial charge in [-0.25, -0.2) is 23.7 Å². The molecular weight excluding hydrogens is 392 g/mol. The molecule has 0 radical (unpaired) electrons.